The predicted molar refractivity (Wildman–Crippen MR) is 82.8 cm³/mol. The Morgan fingerprint density at radius 2 is 2.10 bits per heavy atom. The number of rotatable bonds is 4. The van der Waals surface area contributed by atoms with E-state index in [-0.39, 0.29) is 12.1 Å². The second-order valence-electron chi connectivity index (χ2n) is 5.71. The number of aryl methyl sites for hydroxylation is 1. The average molecular weight is 275 g/mol. The van der Waals surface area contributed by atoms with Crippen LogP contribution in [0.25, 0.3) is 0 Å². The molecular formula is C16H25N3O. The molecule has 1 aromatic rings. The number of nitrogens with one attached hydrogen (secondary N) is 2. The summed E-state index contributed by atoms with van der Waals surface area (Å²) in [5, 5.41) is 5.91. The van der Waals surface area contributed by atoms with Gasteiger partial charge in [0.1, 0.15) is 0 Å². The Balaban J connectivity index is 1.88. The molecule has 0 aromatic heterocycles. The lowest BCUT2D eigenvalue weighted by atomic mass is 9.84. The van der Waals surface area contributed by atoms with Gasteiger partial charge in [-0.1, -0.05) is 31.4 Å². The first kappa shape index (κ1) is 14.9. The molecule has 4 nitrogen and oxygen atoms in total. The first-order chi connectivity index (χ1) is 9.69. The van der Waals surface area contributed by atoms with Crippen molar-refractivity contribution in [3.63, 3.8) is 0 Å². The van der Waals surface area contributed by atoms with Gasteiger partial charge in [-0.3, -0.25) is 0 Å². The highest BCUT2D eigenvalue weighted by atomic mass is 16.2. The minimum atomic E-state index is -0.156. The molecule has 2 amide bonds. The summed E-state index contributed by atoms with van der Waals surface area (Å²) in [5.41, 5.74) is 7.78. The third-order valence-electron chi connectivity index (χ3n) is 4.07. The Morgan fingerprint density at radius 1 is 1.35 bits per heavy atom. The molecule has 0 heterocycles. The number of nitrogens with two attached hydrogens (primary N) is 1. The van der Waals surface area contributed by atoms with Crippen LogP contribution in [0.3, 0.4) is 0 Å². The van der Waals surface area contributed by atoms with Gasteiger partial charge < -0.3 is 16.4 Å². The summed E-state index contributed by atoms with van der Waals surface area (Å²) in [6.07, 6.45) is 6.16. The molecule has 1 fully saturated rings. The first-order valence-corrected chi connectivity index (χ1v) is 7.53. The number of benzene rings is 1. The molecule has 110 valence electrons. The van der Waals surface area contributed by atoms with Gasteiger partial charge in [-0.25, -0.2) is 4.79 Å². The fourth-order valence-corrected chi connectivity index (χ4v) is 2.96. The first-order valence-electron chi connectivity index (χ1n) is 7.53. The molecule has 0 saturated heterocycles. The zero-order valence-electron chi connectivity index (χ0n) is 12.2. The number of urea groups is 1. The summed E-state index contributed by atoms with van der Waals surface area (Å²) in [6, 6.07) is 7.72. The van der Waals surface area contributed by atoms with Crippen LogP contribution in [0.2, 0.25) is 0 Å². The molecule has 4 heteroatoms. The van der Waals surface area contributed by atoms with E-state index in [0.29, 0.717) is 12.5 Å². The van der Waals surface area contributed by atoms with Crippen molar-refractivity contribution in [3.05, 3.63) is 29.8 Å². The Bertz CT molecular complexity index is 441. The maximum atomic E-state index is 12.1. The molecule has 0 radical (unpaired) electrons. The van der Waals surface area contributed by atoms with Crippen molar-refractivity contribution in [2.75, 3.05) is 11.9 Å². The monoisotopic (exact) mass is 275 g/mol. The average Bonchev–Trinajstić information content (AvgIpc) is 2.45. The summed E-state index contributed by atoms with van der Waals surface area (Å²) >= 11 is 0. The Labute approximate surface area is 121 Å². The predicted octanol–water partition coefficient (Wildman–Crippen LogP) is 3.02. The van der Waals surface area contributed by atoms with Crippen LogP contribution < -0.4 is 16.4 Å². The van der Waals surface area contributed by atoms with Gasteiger partial charge in [-0.05, 0) is 43.4 Å². The Hall–Kier alpha value is -1.55. The number of carbonyl (C=O) groups is 1. The largest absolute Gasteiger partial charge is 0.334 e. The van der Waals surface area contributed by atoms with E-state index in [0.717, 1.165) is 11.3 Å². The van der Waals surface area contributed by atoms with Crippen LogP contribution in [0.4, 0.5) is 10.5 Å². The van der Waals surface area contributed by atoms with Crippen LogP contribution in [-0.2, 0) is 0 Å². The van der Waals surface area contributed by atoms with E-state index in [2.05, 4.69) is 10.6 Å². The summed E-state index contributed by atoms with van der Waals surface area (Å²) in [4.78, 5) is 12.1. The number of hydrogen-bond donors (Lipinski definition) is 3. The molecule has 1 aliphatic rings. The zero-order chi connectivity index (χ0) is 14.4. The van der Waals surface area contributed by atoms with Crippen LogP contribution >= 0.6 is 0 Å². The van der Waals surface area contributed by atoms with Crippen molar-refractivity contribution in [1.82, 2.24) is 5.32 Å². The van der Waals surface area contributed by atoms with E-state index in [1.165, 1.54) is 32.1 Å². The number of amides is 2. The van der Waals surface area contributed by atoms with Gasteiger partial charge in [0, 0.05) is 18.3 Å². The summed E-state index contributed by atoms with van der Waals surface area (Å²) in [7, 11) is 0. The topological polar surface area (TPSA) is 67.2 Å². The smallest absolute Gasteiger partial charge is 0.319 e. The fraction of sp³-hybridized carbons (Fsp3) is 0.562. The second kappa shape index (κ2) is 7.29. The van der Waals surface area contributed by atoms with Gasteiger partial charge in [0.05, 0.1) is 0 Å². The quantitative estimate of drug-likeness (QED) is 0.790. The maximum Gasteiger partial charge on any atom is 0.319 e. The molecule has 4 N–H and O–H groups in total. The molecule has 0 bridgehead atoms. The lowest BCUT2D eigenvalue weighted by molar-refractivity contribution is 0.233. The van der Waals surface area contributed by atoms with Crippen molar-refractivity contribution in [2.24, 2.45) is 11.7 Å². The molecule has 2 rings (SSSR count). The van der Waals surface area contributed by atoms with Crippen molar-refractivity contribution >= 4 is 11.7 Å². The summed E-state index contributed by atoms with van der Waals surface area (Å²) < 4.78 is 0. The summed E-state index contributed by atoms with van der Waals surface area (Å²) in [5.74, 6) is 0.525. The van der Waals surface area contributed by atoms with Gasteiger partial charge in [-0.15, -0.1) is 0 Å². The molecule has 1 saturated carbocycles. The van der Waals surface area contributed by atoms with E-state index in [1.54, 1.807) is 0 Å². The molecule has 0 aliphatic heterocycles. The minimum absolute atomic E-state index is 0.0834. The van der Waals surface area contributed by atoms with Gasteiger partial charge in [0.25, 0.3) is 0 Å². The van der Waals surface area contributed by atoms with Gasteiger partial charge in [-0.2, -0.15) is 0 Å². The Morgan fingerprint density at radius 3 is 2.75 bits per heavy atom. The molecular weight excluding hydrogens is 250 g/mol. The maximum absolute atomic E-state index is 12.1. The van der Waals surface area contributed by atoms with Crippen molar-refractivity contribution in [3.8, 4) is 0 Å². The highest BCUT2D eigenvalue weighted by Crippen LogP contribution is 2.26. The Kier molecular flexibility index (Phi) is 5.41. The zero-order valence-corrected chi connectivity index (χ0v) is 12.2. The van der Waals surface area contributed by atoms with Crippen molar-refractivity contribution in [1.29, 1.82) is 0 Å². The molecule has 1 aliphatic carbocycles. The highest BCUT2D eigenvalue weighted by molar-refractivity contribution is 5.89. The molecule has 1 aromatic carbocycles. The van der Waals surface area contributed by atoms with Crippen molar-refractivity contribution < 1.29 is 4.79 Å². The lowest BCUT2D eigenvalue weighted by Gasteiger charge is -2.30. The summed E-state index contributed by atoms with van der Waals surface area (Å²) in [6.45, 7) is 2.51. The molecule has 1 atom stereocenters. The van der Waals surface area contributed by atoms with Gasteiger partial charge >= 0.3 is 6.03 Å². The fourth-order valence-electron chi connectivity index (χ4n) is 2.96. The van der Waals surface area contributed by atoms with Crippen LogP contribution in [0.5, 0.6) is 0 Å². The van der Waals surface area contributed by atoms with Crippen LogP contribution in [0.15, 0.2) is 24.3 Å². The van der Waals surface area contributed by atoms with Gasteiger partial charge in [0.15, 0.2) is 0 Å². The normalized spacial score (nSPS) is 17.5. The van der Waals surface area contributed by atoms with Crippen LogP contribution in [0.1, 0.15) is 37.7 Å². The van der Waals surface area contributed by atoms with E-state index < -0.39 is 0 Å². The molecule has 0 spiro atoms. The van der Waals surface area contributed by atoms with E-state index in [4.69, 9.17) is 5.73 Å². The minimum Gasteiger partial charge on any atom is -0.334 e. The van der Waals surface area contributed by atoms with Crippen molar-refractivity contribution in [2.45, 2.75) is 45.1 Å². The third kappa shape index (κ3) is 4.23. The number of carbonyl (C=O) groups excluding carboxylic acids is 1. The van der Waals surface area contributed by atoms with E-state index in [1.807, 2.05) is 31.2 Å². The van der Waals surface area contributed by atoms with Crippen LogP contribution in [0, 0.1) is 12.8 Å². The van der Waals surface area contributed by atoms with E-state index >= 15 is 0 Å². The SMILES string of the molecule is Cc1cccc(NC(=O)NC(CN)C2CCCCC2)c1. The molecule has 20 heavy (non-hydrogen) atoms. The standard InChI is InChI=1S/C16H25N3O/c1-12-6-5-9-14(10-12)18-16(20)19-15(11-17)13-7-3-2-4-8-13/h5-6,9-10,13,15H,2-4,7-8,11,17H2,1H3,(H2,18,19,20). The second-order valence-corrected chi connectivity index (χ2v) is 5.71. The number of hydrogen-bond acceptors (Lipinski definition) is 2. The van der Waals surface area contributed by atoms with Crippen LogP contribution in [-0.4, -0.2) is 18.6 Å². The van der Waals surface area contributed by atoms with Gasteiger partial charge in [0.2, 0.25) is 0 Å². The highest BCUT2D eigenvalue weighted by Gasteiger charge is 2.23. The van der Waals surface area contributed by atoms with E-state index in [9.17, 15) is 4.79 Å². The number of anilines is 1. The molecule has 1 unspecified atom stereocenters. The third-order valence-corrected chi connectivity index (χ3v) is 4.07. The lowest BCUT2D eigenvalue weighted by Crippen LogP contribution is -2.47.